The number of likely N-dealkylation sites (N-methyl/N-ethyl adjacent to an activating group) is 1. The van der Waals surface area contributed by atoms with Gasteiger partial charge in [0, 0.05) is 28.2 Å². The third-order valence-corrected chi connectivity index (χ3v) is 7.24. The van der Waals surface area contributed by atoms with Crippen molar-refractivity contribution in [2.75, 3.05) is 13.5 Å². The summed E-state index contributed by atoms with van der Waals surface area (Å²) in [6.07, 6.45) is 27.0. The number of nitrogens with zero attached hydrogens (tertiary/aromatic N) is 2. The Labute approximate surface area is 218 Å². The van der Waals surface area contributed by atoms with Gasteiger partial charge in [0.25, 0.3) is 0 Å². The van der Waals surface area contributed by atoms with Crippen molar-refractivity contribution < 1.29 is 8.91 Å². The van der Waals surface area contributed by atoms with Crippen LogP contribution in [0.1, 0.15) is 111 Å². The zero-order chi connectivity index (χ0) is 27.2. The van der Waals surface area contributed by atoms with Crippen LogP contribution in [-0.2, 0) is 6.42 Å². The van der Waals surface area contributed by atoms with Crippen LogP contribution in [0.2, 0.25) is 0 Å². The second-order valence-electron chi connectivity index (χ2n) is 10.1. The fourth-order valence-corrected chi connectivity index (χ4v) is 5.13. The zero-order valence-electron chi connectivity index (χ0n) is 24.9. The van der Waals surface area contributed by atoms with Gasteiger partial charge in [-0.3, -0.25) is 9.36 Å². The number of hydrogen-bond donors (Lipinski definition) is 0. The second kappa shape index (κ2) is 15.8. The minimum absolute atomic E-state index is 0.00119. The van der Waals surface area contributed by atoms with Crippen LogP contribution in [0.3, 0.4) is 0 Å². The van der Waals surface area contributed by atoms with E-state index in [9.17, 15) is 4.79 Å². The predicted molar refractivity (Wildman–Crippen MR) is 151 cm³/mol. The number of hydrogen-bond acceptors (Lipinski definition) is 2. The summed E-state index contributed by atoms with van der Waals surface area (Å²) in [5.41, 5.74) is 2.02. The van der Waals surface area contributed by atoms with E-state index in [-0.39, 0.29) is 11.9 Å². The molecule has 2 heterocycles. The highest BCUT2D eigenvalue weighted by Gasteiger charge is 2.23. The molecule has 1 aliphatic heterocycles. The molecule has 0 aliphatic carbocycles. The summed E-state index contributed by atoms with van der Waals surface area (Å²) >= 11 is 0. The van der Waals surface area contributed by atoms with Gasteiger partial charge in [0.1, 0.15) is 0 Å². The number of benzene rings is 1. The monoisotopic (exact) mass is 479 g/mol. The third kappa shape index (κ3) is 9.11. The molecule has 1 fully saturated rings. The minimum atomic E-state index is -2.06. The van der Waals surface area contributed by atoms with E-state index in [1.165, 1.54) is 44.9 Å². The van der Waals surface area contributed by atoms with Gasteiger partial charge >= 0.3 is 0 Å². The van der Waals surface area contributed by atoms with Crippen molar-refractivity contribution >= 4 is 16.8 Å². The summed E-state index contributed by atoms with van der Waals surface area (Å²) in [5.74, 6) is 0.136. The first-order valence-electron chi connectivity index (χ1n) is 15.6. The molecule has 3 heteroatoms. The fourth-order valence-electron chi connectivity index (χ4n) is 5.13. The lowest BCUT2D eigenvalue weighted by Crippen LogP contribution is -2.26. The van der Waals surface area contributed by atoms with Crippen molar-refractivity contribution in [3.63, 3.8) is 0 Å². The standard InChI is InChI=1S/C32H48N2O/c1-3-4-5-6-7-8-9-10-11-12-13-14-15-16-17-24-32(35)34-27-28(26-29-21-20-25-33(29)2)30-22-18-19-23-31(30)34/h7-8,10-11,18-19,22-23,27,29H,3-6,9,12-17,20-21,24-26H2,1-2H3/b8-7-,11-10-/t29-/m1/s1/i2D3. The lowest BCUT2D eigenvalue weighted by atomic mass is 10.0. The fraction of sp³-hybridized carbons (Fsp3) is 0.594. The van der Waals surface area contributed by atoms with E-state index in [0.717, 1.165) is 55.0 Å². The number of allylic oxidation sites excluding steroid dienone is 4. The lowest BCUT2D eigenvalue weighted by molar-refractivity contribution is 0.0904. The molecule has 0 N–H and O–H groups in total. The highest BCUT2D eigenvalue weighted by atomic mass is 16.2. The van der Waals surface area contributed by atoms with Crippen molar-refractivity contribution in [1.82, 2.24) is 9.47 Å². The molecule has 3 nitrogen and oxygen atoms in total. The first-order valence-corrected chi connectivity index (χ1v) is 14.1. The van der Waals surface area contributed by atoms with E-state index in [2.05, 4.69) is 37.3 Å². The van der Waals surface area contributed by atoms with Gasteiger partial charge in [0.2, 0.25) is 5.91 Å². The van der Waals surface area contributed by atoms with Gasteiger partial charge in [-0.05, 0) is 82.9 Å². The third-order valence-electron chi connectivity index (χ3n) is 7.24. The molecule has 3 rings (SSSR count). The minimum Gasteiger partial charge on any atom is -0.303 e. The molecular formula is C32H48N2O. The zero-order valence-corrected chi connectivity index (χ0v) is 21.9. The van der Waals surface area contributed by atoms with Gasteiger partial charge < -0.3 is 4.90 Å². The summed E-state index contributed by atoms with van der Waals surface area (Å²) < 4.78 is 25.4. The van der Waals surface area contributed by atoms with Crippen LogP contribution in [0.4, 0.5) is 0 Å². The van der Waals surface area contributed by atoms with Crippen molar-refractivity contribution in [3.8, 4) is 0 Å². The molecule has 0 amide bonds. The average molecular weight is 480 g/mol. The Balaban J connectivity index is 1.38. The maximum Gasteiger partial charge on any atom is 0.231 e. The Bertz CT molecular complexity index is 1040. The Hall–Kier alpha value is -2.13. The Morgan fingerprint density at radius 2 is 1.74 bits per heavy atom. The number of likely N-dealkylation sites (tertiary alicyclic amines) is 1. The number of fused-ring (bicyclic) bond motifs is 1. The number of aromatic nitrogens is 1. The van der Waals surface area contributed by atoms with Crippen molar-refractivity contribution in [2.45, 2.75) is 109 Å². The van der Waals surface area contributed by atoms with Crippen molar-refractivity contribution in [3.05, 3.63) is 60.3 Å². The summed E-state index contributed by atoms with van der Waals surface area (Å²) in [4.78, 5) is 14.8. The molecular weight excluding hydrogens is 428 g/mol. The molecule has 0 unspecified atom stereocenters. The molecule has 0 bridgehead atoms. The smallest absolute Gasteiger partial charge is 0.231 e. The Morgan fingerprint density at radius 1 is 1.00 bits per heavy atom. The van der Waals surface area contributed by atoms with Gasteiger partial charge in [0.15, 0.2) is 0 Å². The molecule has 1 aromatic carbocycles. The molecule has 1 aliphatic rings. The van der Waals surface area contributed by atoms with Gasteiger partial charge in [-0.25, -0.2) is 0 Å². The van der Waals surface area contributed by atoms with Crippen LogP contribution in [0.15, 0.2) is 54.8 Å². The molecule has 1 atom stereocenters. The largest absolute Gasteiger partial charge is 0.303 e. The van der Waals surface area contributed by atoms with Crippen LogP contribution >= 0.6 is 0 Å². The first-order chi connectivity index (χ1) is 18.4. The van der Waals surface area contributed by atoms with Crippen LogP contribution in [0.25, 0.3) is 10.9 Å². The van der Waals surface area contributed by atoms with Crippen LogP contribution in [0, 0.1) is 0 Å². The Kier molecular flexibility index (Phi) is 10.5. The molecule has 0 spiro atoms. The number of rotatable bonds is 16. The van der Waals surface area contributed by atoms with E-state index in [1.54, 1.807) is 4.90 Å². The molecule has 192 valence electrons. The quantitative estimate of drug-likeness (QED) is 0.178. The van der Waals surface area contributed by atoms with E-state index in [4.69, 9.17) is 4.11 Å². The lowest BCUT2D eigenvalue weighted by Gasteiger charge is -2.18. The van der Waals surface area contributed by atoms with E-state index in [0.29, 0.717) is 19.4 Å². The SMILES string of the molecule is [2H]C([2H])([2H])N1CCC[C@@H]1Cc1cn(C(=O)CCCCCCC/C=C\C/C=C\CCCCC)c2ccccc12. The predicted octanol–water partition coefficient (Wildman–Crippen LogP) is 8.73. The highest BCUT2D eigenvalue weighted by Crippen LogP contribution is 2.27. The molecule has 1 saturated heterocycles. The van der Waals surface area contributed by atoms with E-state index < -0.39 is 6.98 Å². The summed E-state index contributed by atoms with van der Waals surface area (Å²) in [7, 11) is 0. The Morgan fingerprint density at radius 3 is 2.54 bits per heavy atom. The number of carbonyl (C=O) groups is 1. The normalized spacial score (nSPS) is 18.5. The van der Waals surface area contributed by atoms with Gasteiger partial charge in [-0.15, -0.1) is 0 Å². The van der Waals surface area contributed by atoms with E-state index >= 15 is 0 Å². The topological polar surface area (TPSA) is 25.2 Å². The van der Waals surface area contributed by atoms with E-state index in [1.807, 2.05) is 29.0 Å². The molecule has 35 heavy (non-hydrogen) atoms. The summed E-state index contributed by atoms with van der Waals surface area (Å²) in [6.45, 7) is 0.798. The van der Waals surface area contributed by atoms with Crippen LogP contribution in [0.5, 0.6) is 0 Å². The van der Waals surface area contributed by atoms with Crippen molar-refractivity contribution in [2.24, 2.45) is 0 Å². The van der Waals surface area contributed by atoms with Crippen LogP contribution in [-0.4, -0.2) is 34.9 Å². The molecule has 2 aromatic rings. The number of para-hydroxylation sites is 1. The molecule has 1 aromatic heterocycles. The summed E-state index contributed by atoms with van der Waals surface area (Å²) in [5, 5.41) is 1.07. The van der Waals surface area contributed by atoms with Crippen molar-refractivity contribution in [1.29, 1.82) is 0 Å². The average Bonchev–Trinajstić information content (AvgIpc) is 3.52. The number of carbonyl (C=O) groups excluding carboxylic acids is 1. The molecule has 0 saturated carbocycles. The maximum atomic E-state index is 13.1. The second-order valence-corrected chi connectivity index (χ2v) is 10.1. The number of unbranched alkanes of at least 4 members (excludes halogenated alkanes) is 8. The van der Waals surface area contributed by atoms with Gasteiger partial charge in [-0.1, -0.05) is 81.5 Å². The maximum absolute atomic E-state index is 13.1. The van der Waals surface area contributed by atoms with Gasteiger partial charge in [0.05, 0.1) is 5.52 Å². The van der Waals surface area contributed by atoms with Crippen LogP contribution < -0.4 is 0 Å². The highest BCUT2D eigenvalue weighted by molar-refractivity contribution is 5.94. The summed E-state index contributed by atoms with van der Waals surface area (Å²) in [6, 6.07) is 8.03. The van der Waals surface area contributed by atoms with Gasteiger partial charge in [-0.2, -0.15) is 0 Å². The molecule has 0 radical (unpaired) electrons. The first kappa shape index (κ1) is 23.3.